The van der Waals surface area contributed by atoms with E-state index in [9.17, 15) is 14.4 Å². The number of nitrogens with one attached hydrogen (secondary N) is 1. The molecule has 0 spiro atoms. The molecule has 184 valence electrons. The standard InChI is InChI=1S/C30H23ClN2O4/c1-18-10-12-26(19(2)14-18)33-29(35)25(28(34)32-30(33)36)16-22-15-23(31)11-13-27(22)37-17-21-8-5-7-20-6-3-4-9-24(20)21/h3-16H,17H2,1-2H3,(H,32,34,36)/b25-16+. The van der Waals surface area contributed by atoms with Crippen molar-refractivity contribution in [2.24, 2.45) is 0 Å². The van der Waals surface area contributed by atoms with E-state index < -0.39 is 17.8 Å². The summed E-state index contributed by atoms with van der Waals surface area (Å²) in [6.07, 6.45) is 1.41. The number of hydrogen-bond acceptors (Lipinski definition) is 4. The van der Waals surface area contributed by atoms with Crippen molar-refractivity contribution in [2.75, 3.05) is 4.90 Å². The maximum absolute atomic E-state index is 13.4. The molecule has 37 heavy (non-hydrogen) atoms. The Balaban J connectivity index is 1.49. The van der Waals surface area contributed by atoms with Crippen molar-refractivity contribution in [2.45, 2.75) is 20.5 Å². The van der Waals surface area contributed by atoms with Gasteiger partial charge >= 0.3 is 6.03 Å². The molecule has 4 aromatic carbocycles. The highest BCUT2D eigenvalue weighted by Gasteiger charge is 2.37. The van der Waals surface area contributed by atoms with Gasteiger partial charge in [-0.15, -0.1) is 0 Å². The summed E-state index contributed by atoms with van der Waals surface area (Å²) >= 11 is 6.25. The third-order valence-electron chi connectivity index (χ3n) is 6.23. The lowest BCUT2D eigenvalue weighted by atomic mass is 10.0. The number of aryl methyl sites for hydroxylation is 2. The quantitative estimate of drug-likeness (QED) is 0.250. The zero-order valence-electron chi connectivity index (χ0n) is 20.2. The number of anilines is 1. The third-order valence-corrected chi connectivity index (χ3v) is 6.46. The Labute approximate surface area is 219 Å². The Kier molecular flexibility index (Phi) is 6.51. The van der Waals surface area contributed by atoms with Crippen LogP contribution in [0, 0.1) is 13.8 Å². The van der Waals surface area contributed by atoms with Crippen molar-refractivity contribution in [1.29, 1.82) is 0 Å². The van der Waals surface area contributed by atoms with E-state index in [1.165, 1.54) is 6.08 Å². The molecule has 0 unspecified atom stereocenters. The smallest absolute Gasteiger partial charge is 0.335 e. The van der Waals surface area contributed by atoms with Crippen LogP contribution in [0.15, 0.2) is 84.4 Å². The number of nitrogens with zero attached hydrogens (tertiary/aromatic N) is 1. The van der Waals surface area contributed by atoms with E-state index in [1.54, 1.807) is 37.3 Å². The van der Waals surface area contributed by atoms with E-state index >= 15 is 0 Å². The monoisotopic (exact) mass is 510 g/mol. The molecule has 4 aromatic rings. The molecule has 0 radical (unpaired) electrons. The minimum atomic E-state index is -0.794. The summed E-state index contributed by atoms with van der Waals surface area (Å²) in [4.78, 5) is 39.8. The molecule has 0 bridgehead atoms. The molecule has 1 aliphatic heterocycles. The van der Waals surface area contributed by atoms with Gasteiger partial charge in [0.2, 0.25) is 0 Å². The van der Waals surface area contributed by atoms with Crippen molar-refractivity contribution >= 4 is 52.0 Å². The lowest BCUT2D eigenvalue weighted by Gasteiger charge is -2.27. The predicted octanol–water partition coefficient (Wildman–Crippen LogP) is 6.36. The molecular formula is C30H23ClN2O4. The van der Waals surface area contributed by atoms with Gasteiger partial charge in [0.15, 0.2) is 0 Å². The van der Waals surface area contributed by atoms with Crippen molar-refractivity contribution in [3.05, 3.63) is 112 Å². The van der Waals surface area contributed by atoms with Gasteiger partial charge in [-0.25, -0.2) is 9.69 Å². The summed E-state index contributed by atoms with van der Waals surface area (Å²) in [7, 11) is 0. The average molecular weight is 511 g/mol. The van der Waals surface area contributed by atoms with Crippen LogP contribution in [0.1, 0.15) is 22.3 Å². The van der Waals surface area contributed by atoms with E-state index in [0.717, 1.165) is 32.4 Å². The number of rotatable bonds is 5. The van der Waals surface area contributed by atoms with Crippen LogP contribution in [0.5, 0.6) is 5.75 Å². The van der Waals surface area contributed by atoms with Crippen LogP contribution in [0.25, 0.3) is 16.8 Å². The first kappa shape index (κ1) is 24.3. The van der Waals surface area contributed by atoms with Crippen LogP contribution in [0.4, 0.5) is 10.5 Å². The number of urea groups is 1. The summed E-state index contributed by atoms with van der Waals surface area (Å²) in [6.45, 7) is 3.99. The molecule has 1 heterocycles. The normalized spacial score (nSPS) is 14.8. The van der Waals surface area contributed by atoms with Gasteiger partial charge in [0.25, 0.3) is 11.8 Å². The first-order valence-electron chi connectivity index (χ1n) is 11.7. The Morgan fingerprint density at radius 3 is 2.51 bits per heavy atom. The zero-order chi connectivity index (χ0) is 26.1. The van der Waals surface area contributed by atoms with E-state index in [1.807, 2.05) is 55.5 Å². The van der Waals surface area contributed by atoms with Crippen molar-refractivity contribution in [1.82, 2.24) is 5.32 Å². The topological polar surface area (TPSA) is 75.7 Å². The van der Waals surface area contributed by atoms with E-state index in [2.05, 4.69) is 5.32 Å². The fourth-order valence-electron chi connectivity index (χ4n) is 4.43. The van der Waals surface area contributed by atoms with Crippen molar-refractivity contribution < 1.29 is 19.1 Å². The number of carbonyl (C=O) groups is 3. The molecule has 0 saturated carbocycles. The molecule has 6 nitrogen and oxygen atoms in total. The Hall–Kier alpha value is -4.42. The molecule has 7 heteroatoms. The number of hydrogen-bond donors (Lipinski definition) is 1. The number of halogens is 1. The Morgan fingerprint density at radius 1 is 0.919 bits per heavy atom. The molecule has 1 fully saturated rings. The lowest BCUT2D eigenvalue weighted by Crippen LogP contribution is -2.54. The maximum atomic E-state index is 13.4. The Morgan fingerprint density at radius 2 is 1.70 bits per heavy atom. The Bertz CT molecular complexity index is 1600. The second-order valence-corrected chi connectivity index (χ2v) is 9.29. The first-order chi connectivity index (χ1) is 17.8. The van der Waals surface area contributed by atoms with Crippen LogP contribution in [0.3, 0.4) is 0 Å². The lowest BCUT2D eigenvalue weighted by molar-refractivity contribution is -0.122. The average Bonchev–Trinajstić information content (AvgIpc) is 2.87. The van der Waals surface area contributed by atoms with Crippen LogP contribution >= 0.6 is 11.6 Å². The number of benzene rings is 4. The molecule has 1 aliphatic rings. The van der Waals surface area contributed by atoms with E-state index in [-0.39, 0.29) is 12.2 Å². The number of barbiturate groups is 1. The zero-order valence-corrected chi connectivity index (χ0v) is 21.0. The SMILES string of the molecule is Cc1ccc(N2C(=O)NC(=O)/C(=C\c3cc(Cl)ccc3OCc3cccc4ccccc34)C2=O)c(C)c1. The van der Waals surface area contributed by atoms with Gasteiger partial charge < -0.3 is 4.74 Å². The predicted molar refractivity (Wildman–Crippen MR) is 145 cm³/mol. The second kappa shape index (κ2) is 9.91. The number of amides is 4. The van der Waals surface area contributed by atoms with Crippen molar-refractivity contribution in [3.63, 3.8) is 0 Å². The number of imide groups is 2. The van der Waals surface area contributed by atoms with Gasteiger partial charge in [-0.05, 0) is 66.1 Å². The first-order valence-corrected chi connectivity index (χ1v) is 12.1. The van der Waals surface area contributed by atoms with Gasteiger partial charge in [-0.1, -0.05) is 71.8 Å². The molecule has 0 atom stereocenters. The maximum Gasteiger partial charge on any atom is 0.335 e. The van der Waals surface area contributed by atoms with E-state index in [0.29, 0.717) is 22.0 Å². The van der Waals surface area contributed by atoms with Crippen LogP contribution < -0.4 is 15.0 Å². The molecule has 5 rings (SSSR count). The second-order valence-electron chi connectivity index (χ2n) is 8.86. The highest BCUT2D eigenvalue weighted by molar-refractivity contribution is 6.39. The fourth-order valence-corrected chi connectivity index (χ4v) is 4.61. The molecule has 0 aliphatic carbocycles. The van der Waals surface area contributed by atoms with E-state index in [4.69, 9.17) is 16.3 Å². The van der Waals surface area contributed by atoms with Gasteiger partial charge in [0.05, 0.1) is 5.69 Å². The molecule has 1 N–H and O–H groups in total. The molecule has 1 saturated heterocycles. The molecule has 4 amide bonds. The summed E-state index contributed by atoms with van der Waals surface area (Å²) < 4.78 is 6.14. The highest BCUT2D eigenvalue weighted by Crippen LogP contribution is 2.30. The fraction of sp³-hybridized carbons (Fsp3) is 0.100. The summed E-state index contributed by atoms with van der Waals surface area (Å²) in [5.41, 5.74) is 3.37. The van der Waals surface area contributed by atoms with Gasteiger partial charge in [0, 0.05) is 10.6 Å². The molecule has 0 aromatic heterocycles. The van der Waals surface area contributed by atoms with Crippen molar-refractivity contribution in [3.8, 4) is 5.75 Å². The molecular weight excluding hydrogens is 488 g/mol. The number of ether oxygens (including phenoxy) is 1. The van der Waals surface area contributed by atoms with Crippen LogP contribution in [-0.2, 0) is 16.2 Å². The number of carbonyl (C=O) groups excluding carboxylic acids is 3. The van der Waals surface area contributed by atoms with Gasteiger partial charge in [0.1, 0.15) is 17.9 Å². The largest absolute Gasteiger partial charge is 0.488 e. The third kappa shape index (κ3) is 4.84. The summed E-state index contributed by atoms with van der Waals surface area (Å²) in [5, 5.41) is 4.85. The van der Waals surface area contributed by atoms with Crippen LogP contribution in [0.2, 0.25) is 5.02 Å². The minimum absolute atomic E-state index is 0.197. The van der Waals surface area contributed by atoms with Gasteiger partial charge in [-0.3, -0.25) is 14.9 Å². The summed E-state index contributed by atoms with van der Waals surface area (Å²) in [6, 6.07) is 23.6. The minimum Gasteiger partial charge on any atom is -0.488 e. The summed E-state index contributed by atoms with van der Waals surface area (Å²) in [5.74, 6) is -1.06. The highest BCUT2D eigenvalue weighted by atomic mass is 35.5. The van der Waals surface area contributed by atoms with Gasteiger partial charge in [-0.2, -0.15) is 0 Å². The van der Waals surface area contributed by atoms with Crippen LogP contribution in [-0.4, -0.2) is 17.8 Å². The number of fused-ring (bicyclic) bond motifs is 1.